The van der Waals surface area contributed by atoms with Crippen LogP contribution in [-0.4, -0.2) is 39.0 Å². The molecule has 5 nitrogen and oxygen atoms in total. The molecule has 0 saturated heterocycles. The van der Waals surface area contributed by atoms with Gasteiger partial charge in [0.15, 0.2) is 4.91 Å². The number of benzene rings is 1. The first-order chi connectivity index (χ1) is 20.0. The molecule has 1 aromatic carbocycles. The van der Waals surface area contributed by atoms with Crippen molar-refractivity contribution < 1.29 is 17.9 Å². The van der Waals surface area contributed by atoms with E-state index in [1.165, 1.54) is 102 Å². The molecular formula is C35H59NO4S. The fourth-order valence-corrected chi connectivity index (χ4v) is 6.12. The molecule has 0 fully saturated rings. The van der Waals surface area contributed by atoms with E-state index in [2.05, 4.69) is 25.7 Å². The number of esters is 1. The van der Waals surface area contributed by atoms with E-state index in [0.29, 0.717) is 0 Å². The molecule has 6 heteroatoms. The Morgan fingerprint density at radius 3 is 1.66 bits per heavy atom. The van der Waals surface area contributed by atoms with Crippen LogP contribution in [0.25, 0.3) is 0 Å². The van der Waals surface area contributed by atoms with E-state index in [4.69, 9.17) is 4.74 Å². The van der Waals surface area contributed by atoms with Gasteiger partial charge in [0.25, 0.3) is 0 Å². The number of carbonyl (C=O) groups excluding carboxylic acids is 1. The van der Waals surface area contributed by atoms with Gasteiger partial charge in [-0.05, 0) is 49.7 Å². The maximum Gasteiger partial charge on any atom is 0.350 e. The third-order valence-electron chi connectivity index (χ3n) is 7.42. The van der Waals surface area contributed by atoms with Crippen LogP contribution >= 0.6 is 0 Å². The number of sulfone groups is 1. The van der Waals surface area contributed by atoms with Gasteiger partial charge in [0.2, 0.25) is 9.84 Å². The van der Waals surface area contributed by atoms with Crippen LogP contribution in [0.15, 0.2) is 58.5 Å². The van der Waals surface area contributed by atoms with Crippen molar-refractivity contribution in [2.75, 3.05) is 19.7 Å². The first-order valence-electron chi connectivity index (χ1n) is 16.6. The molecule has 0 aromatic heterocycles. The molecule has 0 aliphatic rings. The Labute approximate surface area is 252 Å². The molecule has 234 valence electrons. The summed E-state index contributed by atoms with van der Waals surface area (Å²) >= 11 is 0. The molecule has 0 heterocycles. The van der Waals surface area contributed by atoms with Crippen LogP contribution in [0.1, 0.15) is 136 Å². The molecule has 0 aliphatic carbocycles. The Hall–Kier alpha value is -2.08. The van der Waals surface area contributed by atoms with Crippen molar-refractivity contribution in [3.63, 3.8) is 0 Å². The Balaban J connectivity index is 2.93. The fraction of sp³-hybridized carbons (Fsp3) is 0.686. The Bertz CT molecular complexity index is 924. The van der Waals surface area contributed by atoms with Crippen LogP contribution in [0.3, 0.4) is 0 Å². The van der Waals surface area contributed by atoms with Crippen molar-refractivity contribution in [3.05, 3.63) is 53.6 Å². The molecule has 0 amide bonds. The van der Waals surface area contributed by atoms with Crippen LogP contribution in [0.5, 0.6) is 0 Å². The number of unbranched alkanes of at least 4 members (excludes halogenated alkanes) is 15. The van der Waals surface area contributed by atoms with Crippen molar-refractivity contribution in [1.82, 2.24) is 4.90 Å². The van der Waals surface area contributed by atoms with Crippen LogP contribution in [0.4, 0.5) is 0 Å². The minimum absolute atomic E-state index is 0.104. The standard InChI is InChI=1S/C35H59NO4S/c1-4-7-10-13-16-22-29-36(30-23-17-14-11-8-5-2)31-25-28-34(41(38,39)33-26-20-19-21-27-33)35(37)40-32-24-18-15-12-9-6-3/h19-21,25-28,31H,4-18,22-24,29-30,32H2,1-3H3/b31-25+,34-28+. The molecule has 0 spiro atoms. The number of rotatable bonds is 26. The molecule has 0 radical (unpaired) electrons. The topological polar surface area (TPSA) is 63.7 Å². The first kappa shape index (κ1) is 36.9. The zero-order valence-electron chi connectivity index (χ0n) is 26.5. The maximum atomic E-state index is 13.4. The molecule has 0 atom stereocenters. The lowest BCUT2D eigenvalue weighted by molar-refractivity contribution is -0.138. The van der Waals surface area contributed by atoms with Crippen molar-refractivity contribution in [2.24, 2.45) is 0 Å². The van der Waals surface area contributed by atoms with E-state index >= 15 is 0 Å². The summed E-state index contributed by atoms with van der Waals surface area (Å²) in [5.74, 6) is -0.773. The fourth-order valence-electron chi connectivity index (χ4n) is 4.82. The molecular weight excluding hydrogens is 530 g/mol. The van der Waals surface area contributed by atoms with Crippen LogP contribution in [0.2, 0.25) is 0 Å². The molecule has 0 saturated carbocycles. The number of nitrogens with zero attached hydrogens (tertiary/aromatic N) is 1. The van der Waals surface area contributed by atoms with E-state index in [9.17, 15) is 13.2 Å². The smallest absolute Gasteiger partial charge is 0.350 e. The van der Waals surface area contributed by atoms with Gasteiger partial charge in [0.1, 0.15) is 0 Å². The number of carbonyl (C=O) groups is 1. The monoisotopic (exact) mass is 589 g/mol. The van der Waals surface area contributed by atoms with Crippen LogP contribution < -0.4 is 0 Å². The molecule has 0 aliphatic heterocycles. The van der Waals surface area contributed by atoms with Crippen LogP contribution in [-0.2, 0) is 19.4 Å². The largest absolute Gasteiger partial charge is 0.462 e. The SMILES string of the molecule is CCCCCCCCOC(=O)/C(=C\C=C\N(CCCCCCCC)CCCCCCCC)S(=O)(=O)c1ccccc1. The minimum Gasteiger partial charge on any atom is -0.462 e. The zero-order valence-corrected chi connectivity index (χ0v) is 27.3. The van der Waals surface area contributed by atoms with Gasteiger partial charge in [-0.25, -0.2) is 13.2 Å². The lowest BCUT2D eigenvalue weighted by atomic mass is 10.1. The van der Waals surface area contributed by atoms with Gasteiger partial charge < -0.3 is 9.64 Å². The van der Waals surface area contributed by atoms with Crippen molar-refractivity contribution in [1.29, 1.82) is 0 Å². The van der Waals surface area contributed by atoms with Gasteiger partial charge in [-0.15, -0.1) is 0 Å². The van der Waals surface area contributed by atoms with Crippen molar-refractivity contribution in [2.45, 2.75) is 141 Å². The van der Waals surface area contributed by atoms with Gasteiger partial charge in [-0.2, -0.15) is 0 Å². The second kappa shape index (κ2) is 24.5. The summed E-state index contributed by atoms with van der Waals surface area (Å²) in [6.07, 6.45) is 26.3. The normalized spacial score (nSPS) is 12.2. The number of ether oxygens (including phenoxy) is 1. The highest BCUT2D eigenvalue weighted by atomic mass is 32.2. The molecule has 0 unspecified atom stereocenters. The predicted molar refractivity (Wildman–Crippen MR) is 174 cm³/mol. The summed E-state index contributed by atoms with van der Waals surface area (Å²) in [5.41, 5.74) is 0. The van der Waals surface area contributed by atoms with E-state index in [-0.39, 0.29) is 16.4 Å². The van der Waals surface area contributed by atoms with E-state index in [1.54, 1.807) is 24.3 Å². The highest BCUT2D eigenvalue weighted by Gasteiger charge is 2.27. The van der Waals surface area contributed by atoms with Crippen molar-refractivity contribution >= 4 is 15.8 Å². The Morgan fingerprint density at radius 1 is 0.683 bits per heavy atom. The average Bonchev–Trinajstić information content (AvgIpc) is 2.98. The number of hydrogen-bond donors (Lipinski definition) is 0. The van der Waals surface area contributed by atoms with Gasteiger partial charge in [0.05, 0.1) is 11.5 Å². The third kappa shape index (κ3) is 17.5. The van der Waals surface area contributed by atoms with E-state index in [1.807, 2.05) is 6.20 Å². The van der Waals surface area contributed by atoms with Gasteiger partial charge >= 0.3 is 5.97 Å². The first-order valence-corrected chi connectivity index (χ1v) is 18.0. The Kier molecular flexibility index (Phi) is 22.1. The summed E-state index contributed by atoms with van der Waals surface area (Å²) < 4.78 is 32.3. The highest BCUT2D eigenvalue weighted by molar-refractivity contribution is 7.96. The molecule has 1 aromatic rings. The third-order valence-corrected chi connectivity index (χ3v) is 9.19. The van der Waals surface area contributed by atoms with E-state index in [0.717, 1.165) is 45.2 Å². The van der Waals surface area contributed by atoms with Gasteiger partial charge in [0, 0.05) is 13.1 Å². The number of hydrogen-bond acceptors (Lipinski definition) is 5. The molecule has 0 bridgehead atoms. The maximum absolute atomic E-state index is 13.4. The highest BCUT2D eigenvalue weighted by Crippen LogP contribution is 2.21. The predicted octanol–water partition coefficient (Wildman–Crippen LogP) is 9.78. The minimum atomic E-state index is -4.00. The second-order valence-electron chi connectivity index (χ2n) is 11.2. The molecule has 41 heavy (non-hydrogen) atoms. The molecule has 0 N–H and O–H groups in total. The summed E-state index contributed by atoms with van der Waals surface area (Å²) in [5, 5.41) is 0. The summed E-state index contributed by atoms with van der Waals surface area (Å²) in [6.45, 7) is 8.76. The van der Waals surface area contributed by atoms with Gasteiger partial charge in [-0.3, -0.25) is 0 Å². The Morgan fingerprint density at radius 2 is 1.15 bits per heavy atom. The summed E-state index contributed by atoms with van der Waals surface area (Å²) in [7, 11) is -4.00. The van der Waals surface area contributed by atoms with Gasteiger partial charge in [-0.1, -0.05) is 135 Å². The zero-order chi connectivity index (χ0) is 30.0. The van der Waals surface area contributed by atoms with E-state index < -0.39 is 15.8 Å². The average molecular weight is 590 g/mol. The molecule has 1 rings (SSSR count). The quantitative estimate of drug-likeness (QED) is 0.0466. The van der Waals surface area contributed by atoms with Crippen molar-refractivity contribution in [3.8, 4) is 0 Å². The van der Waals surface area contributed by atoms with Crippen LogP contribution in [0, 0.1) is 0 Å². The summed E-state index contributed by atoms with van der Waals surface area (Å²) in [4.78, 5) is 15.1. The second-order valence-corrected chi connectivity index (χ2v) is 13.1. The lowest BCUT2D eigenvalue weighted by Gasteiger charge is -2.20. The number of allylic oxidation sites excluding steroid dienone is 2. The summed E-state index contributed by atoms with van der Waals surface area (Å²) in [6, 6.07) is 8.16. The lowest BCUT2D eigenvalue weighted by Crippen LogP contribution is -2.20.